The minimum atomic E-state index is -0.892. The van der Waals surface area contributed by atoms with Crippen LogP contribution in [0.2, 0.25) is 0 Å². The Morgan fingerprint density at radius 2 is 2.14 bits per heavy atom. The summed E-state index contributed by atoms with van der Waals surface area (Å²) in [6.45, 7) is 2.48. The second-order valence-corrected chi connectivity index (χ2v) is 6.38. The van der Waals surface area contributed by atoms with E-state index in [1.54, 1.807) is 6.20 Å². The first-order chi connectivity index (χ1) is 10.0. The molecule has 0 aliphatic carbocycles. The summed E-state index contributed by atoms with van der Waals surface area (Å²) in [6, 6.07) is 7.92. The summed E-state index contributed by atoms with van der Waals surface area (Å²) in [4.78, 5) is 20.6. The number of aromatic nitrogens is 2. The van der Waals surface area contributed by atoms with Crippen LogP contribution in [0.3, 0.4) is 0 Å². The van der Waals surface area contributed by atoms with Crippen molar-refractivity contribution in [2.45, 2.75) is 25.3 Å². The average Bonchev–Trinajstić information content (AvgIpc) is 3.07. The minimum absolute atomic E-state index is 0.556. The summed E-state index contributed by atoms with van der Waals surface area (Å²) < 4.78 is 1.02. The molecule has 1 aromatic heterocycles. The van der Waals surface area contributed by atoms with Crippen molar-refractivity contribution in [1.82, 2.24) is 14.9 Å². The van der Waals surface area contributed by atoms with E-state index >= 15 is 0 Å². The van der Waals surface area contributed by atoms with Crippen molar-refractivity contribution in [3.05, 3.63) is 40.8 Å². The molecule has 0 spiro atoms. The maximum absolute atomic E-state index is 11.4. The lowest BCUT2D eigenvalue weighted by atomic mass is 9.98. The summed E-state index contributed by atoms with van der Waals surface area (Å²) in [5.41, 5.74) is 1.36. The van der Waals surface area contributed by atoms with Gasteiger partial charge in [0.15, 0.2) is 0 Å². The molecule has 5 nitrogen and oxygen atoms in total. The Morgan fingerprint density at radius 3 is 2.81 bits per heavy atom. The maximum Gasteiger partial charge on any atom is 0.408 e. The molecule has 3 rings (SSSR count). The summed E-state index contributed by atoms with van der Waals surface area (Å²) in [6.07, 6.45) is 2.52. The molecule has 1 aromatic carbocycles. The molecule has 6 heteroatoms. The lowest BCUT2D eigenvalue weighted by Crippen LogP contribution is -2.42. The second kappa shape index (κ2) is 5.18. The van der Waals surface area contributed by atoms with Gasteiger partial charge in [-0.3, -0.25) is 4.90 Å². The molecule has 2 heterocycles. The molecule has 1 aliphatic heterocycles. The Kier molecular flexibility index (Phi) is 3.49. The third-order valence-electron chi connectivity index (χ3n) is 4.11. The van der Waals surface area contributed by atoms with E-state index in [-0.39, 0.29) is 0 Å². The molecule has 1 saturated heterocycles. The van der Waals surface area contributed by atoms with Crippen LogP contribution in [0.25, 0.3) is 11.3 Å². The number of aromatic amines is 1. The van der Waals surface area contributed by atoms with E-state index in [0.717, 1.165) is 28.6 Å². The maximum atomic E-state index is 11.4. The van der Waals surface area contributed by atoms with Gasteiger partial charge in [0, 0.05) is 11.0 Å². The summed E-state index contributed by atoms with van der Waals surface area (Å²) in [5.74, 6) is 0.709. The third-order valence-corrected chi connectivity index (χ3v) is 4.64. The van der Waals surface area contributed by atoms with Crippen LogP contribution in [-0.4, -0.2) is 32.6 Å². The fourth-order valence-corrected chi connectivity index (χ4v) is 3.15. The van der Waals surface area contributed by atoms with Gasteiger partial charge in [-0.1, -0.05) is 28.1 Å². The van der Waals surface area contributed by atoms with Crippen LogP contribution in [-0.2, 0) is 5.54 Å². The van der Waals surface area contributed by atoms with Gasteiger partial charge >= 0.3 is 6.09 Å². The molecular formula is C15H16BrN3O2. The number of nitrogens with one attached hydrogen (secondary N) is 1. The molecule has 1 fully saturated rings. The van der Waals surface area contributed by atoms with Gasteiger partial charge < -0.3 is 10.1 Å². The first kappa shape index (κ1) is 14.1. The van der Waals surface area contributed by atoms with Gasteiger partial charge in [-0.25, -0.2) is 9.78 Å². The summed E-state index contributed by atoms with van der Waals surface area (Å²) in [7, 11) is 0. The Morgan fingerprint density at radius 1 is 1.43 bits per heavy atom. The lowest BCUT2D eigenvalue weighted by molar-refractivity contribution is 0.106. The smallest absolute Gasteiger partial charge is 0.408 e. The quantitative estimate of drug-likeness (QED) is 0.865. The standard InChI is InChI=1S/C15H16BrN3O2/c1-15(7-2-8-19(15)14(20)21)13-17-9-12(18-13)10-3-5-11(16)6-4-10/h3-6,9H,2,7-8H2,1H3,(H,17,18)(H,20,21). The highest BCUT2D eigenvalue weighted by molar-refractivity contribution is 9.10. The molecule has 1 amide bonds. The van der Waals surface area contributed by atoms with Gasteiger partial charge in [0.05, 0.1) is 11.9 Å². The zero-order chi connectivity index (χ0) is 15.0. The Labute approximate surface area is 131 Å². The number of amides is 1. The summed E-state index contributed by atoms with van der Waals surface area (Å²) in [5, 5.41) is 9.34. The number of carboxylic acid groups (broad SMARTS) is 1. The van der Waals surface area contributed by atoms with Crippen molar-refractivity contribution in [2.24, 2.45) is 0 Å². The first-order valence-corrected chi connectivity index (χ1v) is 7.62. The van der Waals surface area contributed by atoms with Gasteiger partial charge in [0.25, 0.3) is 0 Å². The number of likely N-dealkylation sites (tertiary alicyclic amines) is 1. The largest absolute Gasteiger partial charge is 0.465 e. The van der Waals surface area contributed by atoms with Crippen LogP contribution in [0.5, 0.6) is 0 Å². The minimum Gasteiger partial charge on any atom is -0.465 e. The number of benzene rings is 1. The van der Waals surface area contributed by atoms with E-state index in [0.29, 0.717) is 12.4 Å². The van der Waals surface area contributed by atoms with Gasteiger partial charge in [0.1, 0.15) is 11.4 Å². The number of hydrogen-bond acceptors (Lipinski definition) is 2. The monoisotopic (exact) mass is 349 g/mol. The number of hydrogen-bond donors (Lipinski definition) is 2. The number of carbonyl (C=O) groups is 1. The van der Waals surface area contributed by atoms with E-state index in [1.807, 2.05) is 31.2 Å². The number of halogens is 1. The van der Waals surface area contributed by atoms with Crippen molar-refractivity contribution >= 4 is 22.0 Å². The van der Waals surface area contributed by atoms with Crippen LogP contribution in [0.15, 0.2) is 34.9 Å². The Bertz CT molecular complexity index is 668. The molecule has 1 unspecified atom stereocenters. The highest BCUT2D eigenvalue weighted by Crippen LogP contribution is 2.37. The van der Waals surface area contributed by atoms with Gasteiger partial charge in [-0.05, 0) is 37.5 Å². The van der Waals surface area contributed by atoms with Gasteiger partial charge in [-0.2, -0.15) is 0 Å². The van der Waals surface area contributed by atoms with E-state index in [4.69, 9.17) is 0 Å². The zero-order valence-electron chi connectivity index (χ0n) is 11.6. The molecule has 0 saturated carbocycles. The molecule has 0 radical (unpaired) electrons. The number of H-pyrrole nitrogens is 1. The average molecular weight is 350 g/mol. The van der Waals surface area contributed by atoms with Crippen molar-refractivity contribution < 1.29 is 9.90 Å². The second-order valence-electron chi connectivity index (χ2n) is 5.46. The van der Waals surface area contributed by atoms with Crippen molar-refractivity contribution in [2.75, 3.05) is 6.54 Å². The SMILES string of the molecule is CC1(c2ncc(-c3ccc(Br)cc3)[nH]2)CCCN1C(=O)O. The molecule has 0 bridgehead atoms. The first-order valence-electron chi connectivity index (χ1n) is 6.83. The summed E-state index contributed by atoms with van der Waals surface area (Å²) >= 11 is 3.41. The third kappa shape index (κ3) is 2.44. The van der Waals surface area contributed by atoms with Crippen LogP contribution in [0, 0.1) is 0 Å². The fourth-order valence-electron chi connectivity index (χ4n) is 2.89. The van der Waals surface area contributed by atoms with Crippen LogP contribution in [0.4, 0.5) is 4.79 Å². The number of imidazole rings is 1. The van der Waals surface area contributed by atoms with Crippen molar-refractivity contribution in [3.63, 3.8) is 0 Å². The molecule has 1 aliphatic rings. The normalized spacial score (nSPS) is 21.7. The van der Waals surface area contributed by atoms with Crippen molar-refractivity contribution in [3.8, 4) is 11.3 Å². The van der Waals surface area contributed by atoms with E-state index in [9.17, 15) is 9.90 Å². The molecule has 110 valence electrons. The number of nitrogens with zero attached hydrogens (tertiary/aromatic N) is 2. The van der Waals surface area contributed by atoms with Crippen LogP contribution < -0.4 is 0 Å². The van der Waals surface area contributed by atoms with Crippen LogP contribution >= 0.6 is 15.9 Å². The molecular weight excluding hydrogens is 334 g/mol. The molecule has 2 aromatic rings. The highest BCUT2D eigenvalue weighted by Gasteiger charge is 2.43. The predicted octanol–water partition coefficient (Wildman–Crippen LogP) is 3.83. The van der Waals surface area contributed by atoms with Gasteiger partial charge in [-0.15, -0.1) is 0 Å². The fraction of sp³-hybridized carbons (Fsp3) is 0.333. The van der Waals surface area contributed by atoms with E-state index in [2.05, 4.69) is 25.9 Å². The molecule has 2 N–H and O–H groups in total. The van der Waals surface area contributed by atoms with Crippen molar-refractivity contribution in [1.29, 1.82) is 0 Å². The highest BCUT2D eigenvalue weighted by atomic mass is 79.9. The van der Waals surface area contributed by atoms with E-state index < -0.39 is 11.6 Å². The molecule has 21 heavy (non-hydrogen) atoms. The topological polar surface area (TPSA) is 69.2 Å². The Balaban J connectivity index is 1.94. The number of rotatable bonds is 2. The lowest BCUT2D eigenvalue weighted by Gasteiger charge is -2.31. The van der Waals surface area contributed by atoms with Crippen LogP contribution in [0.1, 0.15) is 25.6 Å². The zero-order valence-corrected chi connectivity index (χ0v) is 13.2. The molecule has 1 atom stereocenters. The predicted molar refractivity (Wildman–Crippen MR) is 83.0 cm³/mol. The van der Waals surface area contributed by atoms with E-state index in [1.165, 1.54) is 4.90 Å². The Hall–Kier alpha value is -1.82. The van der Waals surface area contributed by atoms with Gasteiger partial charge in [0.2, 0.25) is 0 Å².